The van der Waals surface area contributed by atoms with Crippen molar-refractivity contribution < 1.29 is 4.79 Å². The van der Waals surface area contributed by atoms with Crippen molar-refractivity contribution in [2.24, 2.45) is 5.41 Å². The summed E-state index contributed by atoms with van der Waals surface area (Å²) >= 11 is 0. The summed E-state index contributed by atoms with van der Waals surface area (Å²) in [6.45, 7) is 13.2. The van der Waals surface area contributed by atoms with E-state index in [4.69, 9.17) is 0 Å². The molecule has 7 nitrogen and oxygen atoms in total. The first-order chi connectivity index (χ1) is 12.3. The van der Waals surface area contributed by atoms with Crippen LogP contribution in [0.15, 0.2) is 12.4 Å². The molecule has 1 aliphatic heterocycles. The van der Waals surface area contributed by atoms with Gasteiger partial charge in [-0.2, -0.15) is 0 Å². The first kappa shape index (κ1) is 18.6. The normalized spacial score (nSPS) is 16.3. The topological polar surface area (TPSA) is 68.8 Å². The van der Waals surface area contributed by atoms with Gasteiger partial charge in [-0.15, -0.1) is 10.2 Å². The van der Waals surface area contributed by atoms with Gasteiger partial charge in [0, 0.05) is 43.4 Å². The van der Waals surface area contributed by atoms with Crippen molar-refractivity contribution in [3.63, 3.8) is 0 Å². The Morgan fingerprint density at radius 1 is 1.23 bits per heavy atom. The molecule has 0 aromatic carbocycles. The fourth-order valence-corrected chi connectivity index (χ4v) is 3.65. The second-order valence-corrected chi connectivity index (χ2v) is 8.14. The summed E-state index contributed by atoms with van der Waals surface area (Å²) in [5.41, 5.74) is -0.313. The second kappa shape index (κ2) is 7.21. The third-order valence-electron chi connectivity index (χ3n) is 5.20. The molecule has 0 bridgehead atoms. The Hall–Kier alpha value is -2.18. The molecule has 2 aromatic heterocycles. The summed E-state index contributed by atoms with van der Waals surface area (Å²) in [6, 6.07) is 0. The Kier molecular flexibility index (Phi) is 5.16. The lowest BCUT2D eigenvalue weighted by Crippen LogP contribution is -2.44. The SMILES string of the molecule is CCn1c(Cn2ccnc2C)nnc1C1CCN(C(=O)C(C)(C)C)CC1. The minimum atomic E-state index is -0.313. The van der Waals surface area contributed by atoms with Crippen LogP contribution in [0.25, 0.3) is 0 Å². The standard InChI is InChI=1S/C19H30N6O/c1-6-25-16(13-24-12-9-20-14(24)2)21-22-17(25)15-7-10-23(11-8-15)18(26)19(3,4)5/h9,12,15H,6-8,10-11,13H2,1-5H3. The Labute approximate surface area is 155 Å². The van der Waals surface area contributed by atoms with Gasteiger partial charge in [-0.3, -0.25) is 4.79 Å². The molecular weight excluding hydrogens is 328 g/mol. The number of aryl methyl sites for hydroxylation is 1. The minimum Gasteiger partial charge on any atom is -0.342 e. The number of nitrogens with zero attached hydrogens (tertiary/aromatic N) is 6. The Bertz CT molecular complexity index is 761. The van der Waals surface area contributed by atoms with Gasteiger partial charge in [-0.05, 0) is 26.7 Å². The fourth-order valence-electron chi connectivity index (χ4n) is 3.65. The Balaban J connectivity index is 1.71. The molecule has 7 heteroatoms. The van der Waals surface area contributed by atoms with E-state index in [1.54, 1.807) is 0 Å². The van der Waals surface area contributed by atoms with Crippen LogP contribution < -0.4 is 0 Å². The molecule has 142 valence electrons. The van der Waals surface area contributed by atoms with Crippen molar-refractivity contribution in [3.05, 3.63) is 29.9 Å². The molecule has 0 radical (unpaired) electrons. The molecular formula is C19H30N6O. The van der Waals surface area contributed by atoms with Crippen LogP contribution in [-0.2, 0) is 17.9 Å². The van der Waals surface area contributed by atoms with E-state index in [2.05, 4.69) is 31.2 Å². The first-order valence-corrected chi connectivity index (χ1v) is 9.50. The quantitative estimate of drug-likeness (QED) is 0.842. The van der Waals surface area contributed by atoms with Crippen LogP contribution in [0.1, 0.15) is 63.9 Å². The molecule has 0 spiro atoms. The molecule has 0 atom stereocenters. The van der Waals surface area contributed by atoms with Crippen molar-refractivity contribution in [2.75, 3.05) is 13.1 Å². The monoisotopic (exact) mass is 358 g/mol. The summed E-state index contributed by atoms with van der Waals surface area (Å²) in [6.07, 6.45) is 5.68. The van der Waals surface area contributed by atoms with Gasteiger partial charge in [0.1, 0.15) is 11.6 Å². The minimum absolute atomic E-state index is 0.240. The number of piperidine rings is 1. The average Bonchev–Trinajstić information content (AvgIpc) is 3.20. The summed E-state index contributed by atoms with van der Waals surface area (Å²) in [5.74, 6) is 3.61. The van der Waals surface area contributed by atoms with Crippen molar-refractivity contribution in [2.45, 2.75) is 66.5 Å². The zero-order chi connectivity index (χ0) is 18.9. The number of carbonyl (C=O) groups excluding carboxylic acids is 1. The molecule has 3 heterocycles. The lowest BCUT2D eigenvalue weighted by atomic mass is 9.90. The highest BCUT2D eigenvalue weighted by molar-refractivity contribution is 5.81. The highest BCUT2D eigenvalue weighted by Gasteiger charge is 2.32. The number of aromatic nitrogens is 5. The van der Waals surface area contributed by atoms with Gasteiger partial charge in [0.05, 0.1) is 6.54 Å². The summed E-state index contributed by atoms with van der Waals surface area (Å²) < 4.78 is 4.32. The van der Waals surface area contributed by atoms with Crippen molar-refractivity contribution in [3.8, 4) is 0 Å². The smallest absolute Gasteiger partial charge is 0.227 e. The van der Waals surface area contributed by atoms with Gasteiger partial charge in [-0.1, -0.05) is 20.8 Å². The molecule has 1 amide bonds. The van der Waals surface area contributed by atoms with E-state index in [1.807, 2.05) is 45.0 Å². The lowest BCUT2D eigenvalue weighted by molar-refractivity contribution is -0.140. The van der Waals surface area contributed by atoms with Crippen LogP contribution in [0, 0.1) is 12.3 Å². The molecule has 0 unspecified atom stereocenters. The lowest BCUT2D eigenvalue weighted by Gasteiger charge is -2.35. The maximum absolute atomic E-state index is 12.5. The zero-order valence-electron chi connectivity index (χ0n) is 16.6. The number of rotatable bonds is 4. The van der Waals surface area contributed by atoms with E-state index in [1.165, 1.54) is 0 Å². The van der Waals surface area contributed by atoms with E-state index in [-0.39, 0.29) is 11.3 Å². The molecule has 26 heavy (non-hydrogen) atoms. The average molecular weight is 358 g/mol. The Morgan fingerprint density at radius 2 is 1.92 bits per heavy atom. The van der Waals surface area contributed by atoms with E-state index < -0.39 is 0 Å². The summed E-state index contributed by atoms with van der Waals surface area (Å²) in [4.78, 5) is 18.8. The van der Waals surface area contributed by atoms with Crippen molar-refractivity contribution in [1.29, 1.82) is 0 Å². The maximum Gasteiger partial charge on any atom is 0.227 e. The highest BCUT2D eigenvalue weighted by atomic mass is 16.2. The molecule has 1 fully saturated rings. The number of hydrogen-bond donors (Lipinski definition) is 0. The zero-order valence-corrected chi connectivity index (χ0v) is 16.6. The number of likely N-dealkylation sites (tertiary alicyclic amines) is 1. The molecule has 0 aliphatic carbocycles. The van der Waals surface area contributed by atoms with Crippen molar-refractivity contribution in [1.82, 2.24) is 29.2 Å². The van der Waals surface area contributed by atoms with E-state index in [9.17, 15) is 4.79 Å². The van der Waals surface area contributed by atoms with E-state index in [0.29, 0.717) is 12.5 Å². The molecule has 1 saturated heterocycles. The number of carbonyl (C=O) groups is 1. The molecule has 3 rings (SSSR count). The van der Waals surface area contributed by atoms with Gasteiger partial charge in [0.25, 0.3) is 0 Å². The largest absolute Gasteiger partial charge is 0.342 e. The fraction of sp³-hybridized carbons (Fsp3) is 0.684. The van der Waals surface area contributed by atoms with Crippen LogP contribution in [0.5, 0.6) is 0 Å². The third-order valence-corrected chi connectivity index (χ3v) is 5.20. The van der Waals surface area contributed by atoms with Gasteiger partial charge in [-0.25, -0.2) is 4.98 Å². The van der Waals surface area contributed by atoms with Crippen LogP contribution in [0.2, 0.25) is 0 Å². The van der Waals surface area contributed by atoms with E-state index in [0.717, 1.165) is 49.9 Å². The van der Waals surface area contributed by atoms with Gasteiger partial charge in [0.15, 0.2) is 5.82 Å². The maximum atomic E-state index is 12.5. The molecule has 0 saturated carbocycles. The van der Waals surface area contributed by atoms with Crippen LogP contribution >= 0.6 is 0 Å². The second-order valence-electron chi connectivity index (χ2n) is 8.14. The third kappa shape index (κ3) is 3.66. The van der Waals surface area contributed by atoms with Gasteiger partial charge < -0.3 is 14.0 Å². The summed E-state index contributed by atoms with van der Waals surface area (Å²) in [7, 11) is 0. The van der Waals surface area contributed by atoms with Gasteiger partial charge >= 0.3 is 0 Å². The van der Waals surface area contributed by atoms with Crippen LogP contribution in [-0.4, -0.2) is 48.2 Å². The molecule has 0 N–H and O–H groups in total. The predicted octanol–water partition coefficient (Wildman–Crippen LogP) is 2.60. The molecule has 2 aromatic rings. The predicted molar refractivity (Wildman–Crippen MR) is 99.8 cm³/mol. The van der Waals surface area contributed by atoms with Gasteiger partial charge in [0.2, 0.25) is 5.91 Å². The molecule has 1 aliphatic rings. The highest BCUT2D eigenvalue weighted by Crippen LogP contribution is 2.29. The summed E-state index contributed by atoms with van der Waals surface area (Å²) in [5, 5.41) is 8.97. The number of amides is 1. The van der Waals surface area contributed by atoms with Crippen molar-refractivity contribution >= 4 is 5.91 Å². The number of hydrogen-bond acceptors (Lipinski definition) is 4. The first-order valence-electron chi connectivity index (χ1n) is 9.50. The van der Waals surface area contributed by atoms with Crippen LogP contribution in [0.3, 0.4) is 0 Å². The Morgan fingerprint density at radius 3 is 2.46 bits per heavy atom. The number of imidazole rings is 1. The van der Waals surface area contributed by atoms with Crippen LogP contribution in [0.4, 0.5) is 0 Å². The van der Waals surface area contributed by atoms with E-state index >= 15 is 0 Å².